The first kappa shape index (κ1) is 12.4. The predicted octanol–water partition coefficient (Wildman–Crippen LogP) is 3.59. The van der Waals surface area contributed by atoms with E-state index in [1.165, 1.54) is 23.1 Å². The van der Waals surface area contributed by atoms with Crippen LogP contribution in [0, 0.1) is 5.92 Å². The lowest BCUT2D eigenvalue weighted by molar-refractivity contribution is 0.198. The zero-order valence-electron chi connectivity index (χ0n) is 11.3. The van der Waals surface area contributed by atoms with Crippen molar-refractivity contribution in [2.45, 2.75) is 31.7 Å². The highest BCUT2D eigenvalue weighted by atomic mass is 14.7. The largest absolute Gasteiger partial charge is 0.327 e. The quantitative estimate of drug-likeness (QED) is 0.906. The average molecular weight is 252 g/mol. The number of aromatic nitrogens is 1. The zero-order valence-corrected chi connectivity index (χ0v) is 11.3. The molecular weight excluding hydrogens is 232 g/mol. The second-order valence-corrected chi connectivity index (χ2v) is 5.44. The third kappa shape index (κ3) is 2.28. The van der Waals surface area contributed by atoms with Gasteiger partial charge in [-0.3, -0.25) is 4.98 Å². The highest BCUT2D eigenvalue weighted by Gasteiger charge is 2.37. The van der Waals surface area contributed by atoms with Crippen LogP contribution in [0.25, 0.3) is 11.1 Å². The van der Waals surface area contributed by atoms with Gasteiger partial charge in [-0.25, -0.2) is 0 Å². The third-order valence-corrected chi connectivity index (χ3v) is 4.42. The Morgan fingerprint density at radius 1 is 1.05 bits per heavy atom. The second kappa shape index (κ2) is 5.14. The summed E-state index contributed by atoms with van der Waals surface area (Å²) in [6.45, 7) is 2.24. The summed E-state index contributed by atoms with van der Waals surface area (Å²) < 4.78 is 0. The number of nitrogens with two attached hydrogens (primary N) is 1. The van der Waals surface area contributed by atoms with Crippen molar-refractivity contribution >= 4 is 0 Å². The smallest absolute Gasteiger partial charge is 0.0273 e. The molecule has 1 saturated carbocycles. The van der Waals surface area contributed by atoms with Crippen LogP contribution in [0.2, 0.25) is 0 Å². The Balaban J connectivity index is 1.80. The Morgan fingerprint density at radius 2 is 1.68 bits per heavy atom. The molecule has 3 atom stereocenters. The van der Waals surface area contributed by atoms with E-state index in [2.05, 4.69) is 36.2 Å². The highest BCUT2D eigenvalue weighted by Crippen LogP contribution is 2.43. The van der Waals surface area contributed by atoms with Crippen LogP contribution in [0.5, 0.6) is 0 Å². The van der Waals surface area contributed by atoms with Gasteiger partial charge in [0.05, 0.1) is 0 Å². The number of benzene rings is 1. The van der Waals surface area contributed by atoms with Crippen molar-refractivity contribution in [3.05, 3.63) is 54.4 Å². The van der Waals surface area contributed by atoms with Crippen molar-refractivity contribution in [2.75, 3.05) is 0 Å². The van der Waals surface area contributed by atoms with Crippen molar-refractivity contribution < 1.29 is 0 Å². The van der Waals surface area contributed by atoms with E-state index < -0.39 is 0 Å². The number of nitrogens with zero attached hydrogens (tertiary/aromatic N) is 1. The summed E-state index contributed by atoms with van der Waals surface area (Å²) in [7, 11) is 0. The molecule has 0 aliphatic heterocycles. The van der Waals surface area contributed by atoms with Crippen LogP contribution < -0.4 is 5.73 Å². The van der Waals surface area contributed by atoms with Gasteiger partial charge in [0.25, 0.3) is 0 Å². The monoisotopic (exact) mass is 252 g/mol. The van der Waals surface area contributed by atoms with Gasteiger partial charge in [0, 0.05) is 18.4 Å². The maximum absolute atomic E-state index is 6.08. The Hall–Kier alpha value is -1.67. The standard InChI is InChI=1S/C17H20N2/c1-2-15-16(11-17(15)18)14-5-3-12(4-6-14)13-7-9-19-10-8-13/h3-10,15-17H,2,11,18H2,1H3. The van der Waals surface area contributed by atoms with Crippen LogP contribution in [0.3, 0.4) is 0 Å². The Bertz CT molecular complexity index is 533. The first-order chi connectivity index (χ1) is 9.29. The summed E-state index contributed by atoms with van der Waals surface area (Å²) in [6.07, 6.45) is 5.98. The first-order valence-electron chi connectivity index (χ1n) is 7.05. The van der Waals surface area contributed by atoms with E-state index >= 15 is 0 Å². The molecule has 1 aromatic carbocycles. The lowest BCUT2D eigenvalue weighted by Gasteiger charge is -2.42. The molecule has 0 radical (unpaired) electrons. The molecule has 0 bridgehead atoms. The highest BCUT2D eigenvalue weighted by molar-refractivity contribution is 5.63. The molecule has 2 heteroatoms. The van der Waals surface area contributed by atoms with Crippen LogP contribution in [-0.4, -0.2) is 11.0 Å². The van der Waals surface area contributed by atoms with Gasteiger partial charge in [0.15, 0.2) is 0 Å². The molecule has 0 saturated heterocycles. The fourth-order valence-electron chi connectivity index (χ4n) is 3.18. The molecule has 1 heterocycles. The van der Waals surface area contributed by atoms with Crippen LogP contribution in [0.1, 0.15) is 31.2 Å². The van der Waals surface area contributed by atoms with E-state index in [-0.39, 0.29) is 0 Å². The van der Waals surface area contributed by atoms with Crippen molar-refractivity contribution in [1.82, 2.24) is 4.98 Å². The van der Waals surface area contributed by atoms with Crippen LogP contribution in [0.15, 0.2) is 48.8 Å². The van der Waals surface area contributed by atoms with Gasteiger partial charge in [-0.1, -0.05) is 37.6 Å². The minimum atomic E-state index is 0.398. The van der Waals surface area contributed by atoms with Gasteiger partial charge < -0.3 is 5.73 Å². The van der Waals surface area contributed by atoms with Gasteiger partial charge in [-0.15, -0.1) is 0 Å². The molecule has 3 unspecified atom stereocenters. The Kier molecular flexibility index (Phi) is 3.34. The summed E-state index contributed by atoms with van der Waals surface area (Å²) in [5, 5.41) is 0. The zero-order chi connectivity index (χ0) is 13.2. The van der Waals surface area contributed by atoms with Gasteiger partial charge in [-0.2, -0.15) is 0 Å². The topological polar surface area (TPSA) is 38.9 Å². The minimum Gasteiger partial charge on any atom is -0.327 e. The second-order valence-electron chi connectivity index (χ2n) is 5.44. The SMILES string of the molecule is CCC1C(N)CC1c1ccc(-c2ccncc2)cc1. The average Bonchev–Trinajstić information content (AvgIpc) is 2.46. The summed E-state index contributed by atoms with van der Waals surface area (Å²) in [5.41, 5.74) is 9.99. The molecule has 0 amide bonds. The minimum absolute atomic E-state index is 0.398. The summed E-state index contributed by atoms with van der Waals surface area (Å²) in [5.74, 6) is 1.32. The van der Waals surface area contributed by atoms with E-state index in [4.69, 9.17) is 5.73 Å². The molecule has 98 valence electrons. The van der Waals surface area contributed by atoms with Gasteiger partial charge in [0.1, 0.15) is 0 Å². The van der Waals surface area contributed by atoms with E-state index in [1.807, 2.05) is 24.5 Å². The molecule has 2 aromatic rings. The maximum atomic E-state index is 6.08. The number of hydrogen-bond donors (Lipinski definition) is 1. The van der Waals surface area contributed by atoms with E-state index in [0.29, 0.717) is 17.9 Å². The number of hydrogen-bond acceptors (Lipinski definition) is 2. The molecule has 2 N–H and O–H groups in total. The van der Waals surface area contributed by atoms with Gasteiger partial charge in [-0.05, 0) is 47.1 Å². The molecule has 0 spiro atoms. The van der Waals surface area contributed by atoms with E-state index in [1.54, 1.807) is 0 Å². The van der Waals surface area contributed by atoms with Crippen molar-refractivity contribution in [3.63, 3.8) is 0 Å². The molecule has 1 aromatic heterocycles. The molecular formula is C17H20N2. The number of pyridine rings is 1. The number of rotatable bonds is 3. The van der Waals surface area contributed by atoms with Crippen molar-refractivity contribution in [2.24, 2.45) is 11.7 Å². The normalized spacial score (nSPS) is 25.9. The van der Waals surface area contributed by atoms with Crippen LogP contribution in [-0.2, 0) is 0 Å². The summed E-state index contributed by atoms with van der Waals surface area (Å²) in [6, 6.07) is 13.4. The summed E-state index contributed by atoms with van der Waals surface area (Å²) >= 11 is 0. The maximum Gasteiger partial charge on any atom is 0.0273 e. The third-order valence-electron chi connectivity index (χ3n) is 4.42. The molecule has 2 nitrogen and oxygen atoms in total. The van der Waals surface area contributed by atoms with E-state index in [9.17, 15) is 0 Å². The van der Waals surface area contributed by atoms with Gasteiger partial charge >= 0.3 is 0 Å². The molecule has 1 fully saturated rings. The fraction of sp³-hybridized carbons (Fsp3) is 0.353. The molecule has 3 rings (SSSR count). The van der Waals surface area contributed by atoms with Crippen molar-refractivity contribution in [1.29, 1.82) is 0 Å². The van der Waals surface area contributed by atoms with E-state index in [0.717, 1.165) is 6.42 Å². The molecule has 1 aliphatic rings. The fourth-order valence-corrected chi connectivity index (χ4v) is 3.18. The first-order valence-corrected chi connectivity index (χ1v) is 7.05. The Morgan fingerprint density at radius 3 is 2.26 bits per heavy atom. The molecule has 1 aliphatic carbocycles. The predicted molar refractivity (Wildman–Crippen MR) is 78.8 cm³/mol. The van der Waals surface area contributed by atoms with Crippen LogP contribution in [0.4, 0.5) is 0 Å². The van der Waals surface area contributed by atoms with Crippen LogP contribution >= 0.6 is 0 Å². The van der Waals surface area contributed by atoms with Crippen molar-refractivity contribution in [3.8, 4) is 11.1 Å². The lowest BCUT2D eigenvalue weighted by Crippen LogP contribution is -2.45. The molecule has 19 heavy (non-hydrogen) atoms. The Labute approximate surface area is 114 Å². The lowest BCUT2D eigenvalue weighted by atomic mass is 9.65. The van der Waals surface area contributed by atoms with Gasteiger partial charge in [0.2, 0.25) is 0 Å². The summed E-state index contributed by atoms with van der Waals surface area (Å²) in [4.78, 5) is 4.05.